The van der Waals surface area contributed by atoms with Crippen LogP contribution in [0, 0.1) is 6.92 Å². The Balaban J connectivity index is 1.91. The summed E-state index contributed by atoms with van der Waals surface area (Å²) in [6, 6.07) is 15.5. The number of carbonyl (C=O) groups is 3. The van der Waals surface area contributed by atoms with Gasteiger partial charge in [0.25, 0.3) is 5.91 Å². The van der Waals surface area contributed by atoms with Gasteiger partial charge in [-0.25, -0.2) is 4.79 Å². The predicted octanol–water partition coefficient (Wildman–Crippen LogP) is 1.63. The maximum Gasteiger partial charge on any atom is 0.328 e. The number of amides is 2. The Morgan fingerprint density at radius 2 is 1.65 bits per heavy atom. The number of esters is 1. The average Bonchev–Trinajstić information content (AvgIpc) is 2.66. The summed E-state index contributed by atoms with van der Waals surface area (Å²) in [5.74, 6) is -1.35. The molecule has 2 rings (SSSR count). The van der Waals surface area contributed by atoms with Crippen LogP contribution in [0.2, 0.25) is 0 Å². The van der Waals surface area contributed by atoms with Crippen molar-refractivity contribution in [3.8, 4) is 0 Å². The van der Waals surface area contributed by atoms with Crippen LogP contribution in [0.25, 0.3) is 0 Å². The van der Waals surface area contributed by atoms with E-state index in [0.717, 1.165) is 11.1 Å². The molecule has 0 fully saturated rings. The summed E-state index contributed by atoms with van der Waals surface area (Å²) < 4.78 is 4.75. The lowest BCUT2D eigenvalue weighted by atomic mass is 10.1. The summed E-state index contributed by atoms with van der Waals surface area (Å²) in [5, 5.41) is 5.15. The lowest BCUT2D eigenvalue weighted by Gasteiger charge is -2.17. The molecule has 2 aromatic carbocycles. The third-order valence-corrected chi connectivity index (χ3v) is 3.83. The molecule has 0 aromatic heterocycles. The van der Waals surface area contributed by atoms with Gasteiger partial charge in [0.05, 0.1) is 13.7 Å². The van der Waals surface area contributed by atoms with Crippen LogP contribution < -0.4 is 10.6 Å². The van der Waals surface area contributed by atoms with E-state index < -0.39 is 17.9 Å². The highest BCUT2D eigenvalue weighted by molar-refractivity contribution is 5.96. The Labute approximate surface area is 152 Å². The summed E-state index contributed by atoms with van der Waals surface area (Å²) in [4.78, 5) is 36.1. The first kappa shape index (κ1) is 19.2. The Morgan fingerprint density at radius 3 is 2.27 bits per heavy atom. The molecule has 0 heterocycles. The molecule has 136 valence electrons. The zero-order valence-electron chi connectivity index (χ0n) is 14.8. The van der Waals surface area contributed by atoms with Crippen LogP contribution in [0.4, 0.5) is 0 Å². The fraction of sp³-hybridized carbons (Fsp3) is 0.250. The van der Waals surface area contributed by atoms with E-state index in [-0.39, 0.29) is 12.5 Å². The van der Waals surface area contributed by atoms with Gasteiger partial charge in [-0.2, -0.15) is 0 Å². The van der Waals surface area contributed by atoms with Crippen LogP contribution in [-0.2, 0) is 20.7 Å². The second-order valence-corrected chi connectivity index (χ2v) is 5.88. The van der Waals surface area contributed by atoms with Crippen molar-refractivity contribution in [3.05, 3.63) is 71.3 Å². The topological polar surface area (TPSA) is 84.5 Å². The highest BCUT2D eigenvalue weighted by atomic mass is 16.5. The second kappa shape index (κ2) is 9.36. The number of rotatable bonds is 7. The fourth-order valence-electron chi connectivity index (χ4n) is 2.40. The molecule has 0 bridgehead atoms. The van der Waals surface area contributed by atoms with Gasteiger partial charge in [-0.15, -0.1) is 0 Å². The highest BCUT2D eigenvalue weighted by Crippen LogP contribution is 2.05. The largest absolute Gasteiger partial charge is 0.467 e. The van der Waals surface area contributed by atoms with Gasteiger partial charge in [0, 0.05) is 12.0 Å². The van der Waals surface area contributed by atoms with Gasteiger partial charge >= 0.3 is 5.97 Å². The van der Waals surface area contributed by atoms with E-state index in [4.69, 9.17) is 4.74 Å². The van der Waals surface area contributed by atoms with Crippen molar-refractivity contribution in [1.82, 2.24) is 10.6 Å². The van der Waals surface area contributed by atoms with Crippen molar-refractivity contribution < 1.29 is 19.1 Å². The number of carbonyl (C=O) groups excluding carboxylic acids is 3. The van der Waals surface area contributed by atoms with Crippen LogP contribution in [0.15, 0.2) is 54.6 Å². The molecule has 0 unspecified atom stereocenters. The van der Waals surface area contributed by atoms with E-state index in [1.54, 1.807) is 12.1 Å². The van der Waals surface area contributed by atoms with Crippen LogP contribution in [0.3, 0.4) is 0 Å². The summed E-state index contributed by atoms with van der Waals surface area (Å²) in [5.41, 5.74) is 2.41. The minimum absolute atomic E-state index is 0.227. The highest BCUT2D eigenvalue weighted by Gasteiger charge is 2.22. The van der Waals surface area contributed by atoms with Crippen molar-refractivity contribution in [1.29, 1.82) is 0 Å². The number of methoxy groups -OCH3 is 1. The van der Waals surface area contributed by atoms with E-state index in [1.807, 2.05) is 49.4 Å². The molecule has 26 heavy (non-hydrogen) atoms. The lowest BCUT2D eigenvalue weighted by molar-refractivity contribution is -0.144. The minimum Gasteiger partial charge on any atom is -0.467 e. The maximum absolute atomic E-state index is 12.1. The average molecular weight is 354 g/mol. The van der Waals surface area contributed by atoms with E-state index in [0.29, 0.717) is 12.0 Å². The first-order valence-electron chi connectivity index (χ1n) is 8.25. The van der Waals surface area contributed by atoms with E-state index >= 15 is 0 Å². The molecule has 1 atom stereocenters. The van der Waals surface area contributed by atoms with Crippen molar-refractivity contribution in [2.45, 2.75) is 19.4 Å². The monoisotopic (exact) mass is 354 g/mol. The summed E-state index contributed by atoms with van der Waals surface area (Å²) in [6.45, 7) is 1.70. The normalized spacial score (nSPS) is 11.3. The molecule has 0 aliphatic carbocycles. The molecular weight excluding hydrogens is 332 g/mol. The third kappa shape index (κ3) is 5.73. The minimum atomic E-state index is -0.814. The molecule has 0 saturated carbocycles. The first-order chi connectivity index (χ1) is 12.5. The van der Waals surface area contributed by atoms with Gasteiger partial charge in [-0.05, 0) is 24.6 Å². The van der Waals surface area contributed by atoms with Gasteiger partial charge in [-0.3, -0.25) is 9.59 Å². The fourth-order valence-corrected chi connectivity index (χ4v) is 2.40. The number of nitrogens with one attached hydrogen (secondary N) is 2. The van der Waals surface area contributed by atoms with Crippen LogP contribution in [-0.4, -0.2) is 37.5 Å². The summed E-state index contributed by atoms with van der Waals surface area (Å²) in [7, 11) is 1.27. The molecule has 2 aromatic rings. The van der Waals surface area contributed by atoms with E-state index in [9.17, 15) is 14.4 Å². The smallest absolute Gasteiger partial charge is 0.328 e. The van der Waals surface area contributed by atoms with Crippen molar-refractivity contribution in [2.75, 3.05) is 13.7 Å². The van der Waals surface area contributed by atoms with E-state index in [2.05, 4.69) is 10.6 Å². The Bertz CT molecular complexity index is 757. The summed E-state index contributed by atoms with van der Waals surface area (Å²) >= 11 is 0. The quantitative estimate of drug-likeness (QED) is 0.740. The number of benzene rings is 2. The molecule has 6 nitrogen and oxygen atoms in total. The number of hydrogen-bond donors (Lipinski definition) is 2. The van der Waals surface area contributed by atoms with Crippen LogP contribution in [0.1, 0.15) is 21.5 Å². The molecule has 6 heteroatoms. The second-order valence-electron chi connectivity index (χ2n) is 5.88. The molecule has 0 aliphatic heterocycles. The molecule has 0 spiro atoms. The Kier molecular flexibility index (Phi) is 6.91. The summed E-state index contributed by atoms with van der Waals surface area (Å²) in [6.07, 6.45) is 0.311. The van der Waals surface area contributed by atoms with Gasteiger partial charge < -0.3 is 15.4 Å². The zero-order chi connectivity index (χ0) is 18.9. The van der Waals surface area contributed by atoms with Gasteiger partial charge in [0.1, 0.15) is 6.04 Å². The standard InChI is InChI=1S/C20H22N2O4/c1-14-8-10-16(11-9-14)19(24)21-13-18(23)22-17(20(25)26-2)12-15-6-4-3-5-7-15/h3-11,17H,12-13H2,1-2H3,(H,21,24)(H,22,23)/t17-/m1/s1. The molecule has 2 N–H and O–H groups in total. The third-order valence-electron chi connectivity index (χ3n) is 3.83. The molecular formula is C20H22N2O4. The predicted molar refractivity (Wildman–Crippen MR) is 97.6 cm³/mol. The maximum atomic E-state index is 12.1. The zero-order valence-corrected chi connectivity index (χ0v) is 14.8. The van der Waals surface area contributed by atoms with Gasteiger partial charge in [0.2, 0.25) is 5.91 Å². The number of hydrogen-bond acceptors (Lipinski definition) is 4. The van der Waals surface area contributed by atoms with Crippen molar-refractivity contribution in [2.24, 2.45) is 0 Å². The van der Waals surface area contributed by atoms with Crippen molar-refractivity contribution >= 4 is 17.8 Å². The van der Waals surface area contributed by atoms with Gasteiger partial charge in [-0.1, -0.05) is 48.0 Å². The molecule has 0 radical (unpaired) electrons. The molecule has 2 amide bonds. The van der Waals surface area contributed by atoms with Crippen LogP contribution >= 0.6 is 0 Å². The molecule has 0 saturated heterocycles. The number of ether oxygens (including phenoxy) is 1. The lowest BCUT2D eigenvalue weighted by Crippen LogP contribution is -2.47. The molecule has 0 aliphatic rings. The first-order valence-corrected chi connectivity index (χ1v) is 8.25. The van der Waals surface area contributed by atoms with Gasteiger partial charge in [0.15, 0.2) is 0 Å². The van der Waals surface area contributed by atoms with Crippen molar-refractivity contribution in [3.63, 3.8) is 0 Å². The van der Waals surface area contributed by atoms with E-state index in [1.165, 1.54) is 7.11 Å². The van der Waals surface area contributed by atoms with Crippen LogP contribution in [0.5, 0.6) is 0 Å². The Morgan fingerprint density at radius 1 is 1.00 bits per heavy atom. The number of aryl methyl sites for hydroxylation is 1. The Hall–Kier alpha value is -3.15. The SMILES string of the molecule is COC(=O)[C@@H](Cc1ccccc1)NC(=O)CNC(=O)c1ccc(C)cc1.